The molecule has 104 valence electrons. The van der Waals surface area contributed by atoms with E-state index in [0.29, 0.717) is 18.8 Å². The van der Waals surface area contributed by atoms with Gasteiger partial charge in [-0.05, 0) is 24.6 Å². The standard InChI is InChI=1S/C12H15BrN2O3S/c1-19(17,18)6-2-5-15-11-4-3-9(13)7-10(11)14-12(15)8-16/h3-4,7,16H,2,5-6,8H2,1H3. The Labute approximate surface area is 120 Å². The fourth-order valence-electron chi connectivity index (χ4n) is 2.01. The molecule has 2 aromatic rings. The van der Waals surface area contributed by atoms with Crippen LogP contribution >= 0.6 is 15.9 Å². The number of benzene rings is 1. The fourth-order valence-corrected chi connectivity index (χ4v) is 3.01. The van der Waals surface area contributed by atoms with E-state index in [1.807, 2.05) is 22.8 Å². The van der Waals surface area contributed by atoms with Crippen molar-refractivity contribution >= 4 is 36.8 Å². The van der Waals surface area contributed by atoms with Crippen LogP contribution in [0.15, 0.2) is 22.7 Å². The van der Waals surface area contributed by atoms with Crippen LogP contribution in [0.25, 0.3) is 11.0 Å². The normalized spacial score (nSPS) is 12.2. The smallest absolute Gasteiger partial charge is 0.147 e. The maximum absolute atomic E-state index is 11.1. The Hall–Kier alpha value is -0.920. The number of imidazole rings is 1. The molecule has 0 atom stereocenters. The highest BCUT2D eigenvalue weighted by atomic mass is 79.9. The summed E-state index contributed by atoms with van der Waals surface area (Å²) >= 11 is 3.38. The van der Waals surface area contributed by atoms with Crippen molar-refractivity contribution in [3.05, 3.63) is 28.5 Å². The van der Waals surface area contributed by atoms with Crippen molar-refractivity contribution in [3.8, 4) is 0 Å². The van der Waals surface area contributed by atoms with Crippen LogP contribution in [0.1, 0.15) is 12.2 Å². The zero-order chi connectivity index (χ0) is 14.0. The Morgan fingerprint density at radius 2 is 2.16 bits per heavy atom. The van der Waals surface area contributed by atoms with E-state index in [1.54, 1.807) is 0 Å². The first-order chi connectivity index (χ1) is 8.90. The third-order valence-electron chi connectivity index (χ3n) is 2.83. The topological polar surface area (TPSA) is 72.2 Å². The number of aromatic nitrogens is 2. The molecule has 7 heteroatoms. The number of sulfone groups is 1. The first-order valence-corrected chi connectivity index (χ1v) is 8.69. The Morgan fingerprint density at radius 3 is 2.79 bits per heavy atom. The molecule has 0 fully saturated rings. The third-order valence-corrected chi connectivity index (χ3v) is 4.35. The van der Waals surface area contributed by atoms with Gasteiger partial charge in [0.25, 0.3) is 0 Å². The SMILES string of the molecule is CS(=O)(=O)CCCn1c(CO)nc2cc(Br)ccc21. The average Bonchev–Trinajstić information content (AvgIpc) is 2.65. The maximum atomic E-state index is 11.1. The number of halogens is 1. The van der Waals surface area contributed by atoms with Crippen LogP contribution in [0, 0.1) is 0 Å². The molecule has 1 aromatic carbocycles. The highest BCUT2D eigenvalue weighted by Crippen LogP contribution is 2.21. The first-order valence-electron chi connectivity index (χ1n) is 5.84. The number of aliphatic hydroxyl groups excluding tert-OH is 1. The molecule has 0 radical (unpaired) electrons. The lowest BCUT2D eigenvalue weighted by molar-refractivity contribution is 0.266. The van der Waals surface area contributed by atoms with Gasteiger partial charge in [0.05, 0.1) is 16.8 Å². The number of nitrogens with zero attached hydrogens (tertiary/aromatic N) is 2. The van der Waals surface area contributed by atoms with Gasteiger partial charge < -0.3 is 9.67 Å². The van der Waals surface area contributed by atoms with Crippen molar-refractivity contribution in [2.24, 2.45) is 0 Å². The predicted molar refractivity (Wildman–Crippen MR) is 77.7 cm³/mol. The van der Waals surface area contributed by atoms with E-state index in [1.165, 1.54) is 6.26 Å². The Bertz CT molecular complexity index is 694. The monoisotopic (exact) mass is 346 g/mol. The minimum absolute atomic E-state index is 0.133. The van der Waals surface area contributed by atoms with E-state index >= 15 is 0 Å². The van der Waals surface area contributed by atoms with Gasteiger partial charge in [-0.25, -0.2) is 13.4 Å². The van der Waals surface area contributed by atoms with Crippen molar-refractivity contribution in [2.45, 2.75) is 19.6 Å². The molecule has 1 aromatic heterocycles. The maximum Gasteiger partial charge on any atom is 0.147 e. The largest absolute Gasteiger partial charge is 0.388 e. The van der Waals surface area contributed by atoms with E-state index in [9.17, 15) is 13.5 Å². The number of aryl methyl sites for hydroxylation is 1. The van der Waals surface area contributed by atoms with E-state index in [2.05, 4.69) is 20.9 Å². The molecule has 1 N–H and O–H groups in total. The summed E-state index contributed by atoms with van der Waals surface area (Å²) < 4.78 is 25.1. The molecule has 0 bridgehead atoms. The van der Waals surface area contributed by atoms with Crippen molar-refractivity contribution in [2.75, 3.05) is 12.0 Å². The summed E-state index contributed by atoms with van der Waals surface area (Å²) in [6.07, 6.45) is 1.73. The van der Waals surface area contributed by atoms with Gasteiger partial charge in [-0.15, -0.1) is 0 Å². The number of fused-ring (bicyclic) bond motifs is 1. The highest BCUT2D eigenvalue weighted by molar-refractivity contribution is 9.10. The second-order valence-corrected chi connectivity index (χ2v) is 7.63. The van der Waals surface area contributed by atoms with Gasteiger partial charge in [0.1, 0.15) is 22.3 Å². The van der Waals surface area contributed by atoms with Crippen molar-refractivity contribution in [1.82, 2.24) is 9.55 Å². The summed E-state index contributed by atoms with van der Waals surface area (Å²) in [6, 6.07) is 5.69. The number of hydrogen-bond acceptors (Lipinski definition) is 4. The van der Waals surface area contributed by atoms with E-state index in [4.69, 9.17) is 0 Å². The van der Waals surface area contributed by atoms with Crippen LogP contribution in [0.4, 0.5) is 0 Å². The Balaban J connectivity index is 2.30. The summed E-state index contributed by atoms with van der Waals surface area (Å²) in [7, 11) is -2.96. The fraction of sp³-hybridized carbons (Fsp3) is 0.417. The van der Waals surface area contributed by atoms with E-state index in [-0.39, 0.29) is 12.4 Å². The van der Waals surface area contributed by atoms with Crippen molar-refractivity contribution in [3.63, 3.8) is 0 Å². The van der Waals surface area contributed by atoms with Gasteiger partial charge in [0.15, 0.2) is 0 Å². The zero-order valence-electron chi connectivity index (χ0n) is 10.5. The number of rotatable bonds is 5. The summed E-state index contributed by atoms with van der Waals surface area (Å²) in [5.41, 5.74) is 1.69. The van der Waals surface area contributed by atoms with Gasteiger partial charge in [0.2, 0.25) is 0 Å². The lowest BCUT2D eigenvalue weighted by Crippen LogP contribution is -2.09. The number of hydrogen-bond donors (Lipinski definition) is 1. The molecular formula is C12H15BrN2O3S. The first kappa shape index (κ1) is 14.5. The van der Waals surface area contributed by atoms with Crippen LogP contribution in [-0.4, -0.2) is 35.1 Å². The molecule has 0 aliphatic heterocycles. The van der Waals surface area contributed by atoms with Gasteiger partial charge in [-0.3, -0.25) is 0 Å². The second-order valence-electron chi connectivity index (χ2n) is 4.45. The number of aliphatic hydroxyl groups is 1. The van der Waals surface area contributed by atoms with Gasteiger partial charge in [-0.2, -0.15) is 0 Å². The van der Waals surface area contributed by atoms with Gasteiger partial charge >= 0.3 is 0 Å². The molecule has 0 saturated carbocycles. The molecule has 5 nitrogen and oxygen atoms in total. The molecule has 0 aliphatic carbocycles. The van der Waals surface area contributed by atoms with Crippen molar-refractivity contribution < 1.29 is 13.5 Å². The summed E-state index contributed by atoms with van der Waals surface area (Å²) in [5, 5.41) is 9.33. The minimum Gasteiger partial charge on any atom is -0.388 e. The molecule has 0 unspecified atom stereocenters. The van der Waals surface area contributed by atoms with E-state index in [0.717, 1.165) is 15.5 Å². The van der Waals surface area contributed by atoms with Gasteiger partial charge in [0, 0.05) is 17.3 Å². The highest BCUT2D eigenvalue weighted by Gasteiger charge is 2.11. The zero-order valence-corrected chi connectivity index (χ0v) is 12.9. The van der Waals surface area contributed by atoms with Crippen LogP contribution in [0.3, 0.4) is 0 Å². The Kier molecular flexibility index (Phi) is 4.27. The molecule has 0 amide bonds. The van der Waals surface area contributed by atoms with Crippen molar-refractivity contribution in [1.29, 1.82) is 0 Å². The third kappa shape index (κ3) is 3.55. The Morgan fingerprint density at radius 1 is 1.42 bits per heavy atom. The molecule has 0 aliphatic rings. The lowest BCUT2D eigenvalue weighted by atomic mass is 10.3. The summed E-state index contributed by atoms with van der Waals surface area (Å²) in [4.78, 5) is 4.34. The quantitative estimate of drug-likeness (QED) is 0.894. The van der Waals surface area contributed by atoms with Crippen LogP contribution < -0.4 is 0 Å². The molecule has 2 rings (SSSR count). The predicted octanol–water partition coefficient (Wildman–Crippen LogP) is 1.73. The molecule has 0 saturated heterocycles. The minimum atomic E-state index is -2.96. The van der Waals surface area contributed by atoms with Crippen LogP contribution in [0.2, 0.25) is 0 Å². The summed E-state index contributed by atoms with van der Waals surface area (Å²) in [5.74, 6) is 0.690. The van der Waals surface area contributed by atoms with Gasteiger partial charge in [-0.1, -0.05) is 15.9 Å². The average molecular weight is 347 g/mol. The summed E-state index contributed by atoms with van der Waals surface area (Å²) in [6.45, 7) is 0.367. The molecule has 0 spiro atoms. The molecular weight excluding hydrogens is 332 g/mol. The molecule has 1 heterocycles. The lowest BCUT2D eigenvalue weighted by Gasteiger charge is -2.07. The van der Waals surface area contributed by atoms with Crippen LogP contribution in [0.5, 0.6) is 0 Å². The van der Waals surface area contributed by atoms with E-state index < -0.39 is 9.84 Å². The van der Waals surface area contributed by atoms with Crippen LogP contribution in [-0.2, 0) is 23.0 Å². The second kappa shape index (κ2) is 5.60. The molecule has 19 heavy (non-hydrogen) atoms.